The van der Waals surface area contributed by atoms with Gasteiger partial charge in [-0.2, -0.15) is 0 Å². The molecule has 0 fully saturated rings. The number of H-pyrrole nitrogens is 1. The molecule has 0 unspecified atom stereocenters. The van der Waals surface area contributed by atoms with Gasteiger partial charge in [0, 0.05) is 28.5 Å². The number of aromatic amines is 1. The SMILES string of the molecule is CCS(=O)(=O)Cc1c[nH]c2cccc(N)c12. The molecule has 2 rings (SSSR count). The van der Waals surface area contributed by atoms with Gasteiger partial charge in [0.05, 0.1) is 5.75 Å². The van der Waals surface area contributed by atoms with Gasteiger partial charge in [0.1, 0.15) is 0 Å². The summed E-state index contributed by atoms with van der Waals surface area (Å²) in [6, 6.07) is 5.50. The predicted molar refractivity (Wildman–Crippen MR) is 65.9 cm³/mol. The third kappa shape index (κ3) is 1.90. The van der Waals surface area contributed by atoms with Gasteiger partial charge >= 0.3 is 0 Å². The maximum atomic E-state index is 11.6. The molecule has 0 aliphatic carbocycles. The van der Waals surface area contributed by atoms with E-state index in [-0.39, 0.29) is 11.5 Å². The van der Waals surface area contributed by atoms with E-state index >= 15 is 0 Å². The molecule has 1 aromatic carbocycles. The minimum atomic E-state index is -3.03. The summed E-state index contributed by atoms with van der Waals surface area (Å²) in [6.07, 6.45) is 1.72. The smallest absolute Gasteiger partial charge is 0.154 e. The van der Waals surface area contributed by atoms with Gasteiger partial charge in [-0.3, -0.25) is 0 Å². The molecule has 2 aromatic rings. The predicted octanol–water partition coefficient (Wildman–Crippen LogP) is 1.68. The molecule has 5 heteroatoms. The highest BCUT2D eigenvalue weighted by atomic mass is 32.2. The molecule has 1 aromatic heterocycles. The first-order valence-electron chi connectivity index (χ1n) is 5.08. The number of sulfone groups is 1. The zero-order valence-corrected chi connectivity index (χ0v) is 9.84. The summed E-state index contributed by atoms with van der Waals surface area (Å²) < 4.78 is 23.1. The van der Waals surface area contributed by atoms with Crippen LogP contribution in [-0.2, 0) is 15.6 Å². The fourth-order valence-electron chi connectivity index (χ4n) is 1.74. The van der Waals surface area contributed by atoms with Crippen molar-refractivity contribution in [2.45, 2.75) is 12.7 Å². The first kappa shape index (κ1) is 11.0. The van der Waals surface area contributed by atoms with Crippen molar-refractivity contribution < 1.29 is 8.42 Å². The van der Waals surface area contributed by atoms with E-state index in [9.17, 15) is 8.42 Å². The fraction of sp³-hybridized carbons (Fsp3) is 0.273. The summed E-state index contributed by atoms with van der Waals surface area (Å²) in [6.45, 7) is 1.65. The average Bonchev–Trinajstić information content (AvgIpc) is 2.62. The third-order valence-electron chi connectivity index (χ3n) is 2.63. The van der Waals surface area contributed by atoms with E-state index in [1.165, 1.54) is 0 Å². The minimum Gasteiger partial charge on any atom is -0.398 e. The maximum absolute atomic E-state index is 11.6. The van der Waals surface area contributed by atoms with Crippen LogP contribution in [0, 0.1) is 0 Å². The Bertz CT molecular complexity index is 614. The standard InChI is InChI=1S/C11H14N2O2S/c1-2-16(14,15)7-8-6-13-10-5-3-4-9(12)11(8)10/h3-6,13H,2,7,12H2,1H3. The molecule has 0 aliphatic heterocycles. The molecule has 0 saturated heterocycles. The van der Waals surface area contributed by atoms with E-state index in [0.717, 1.165) is 16.5 Å². The molecule has 0 amide bonds. The second-order valence-electron chi connectivity index (χ2n) is 3.76. The van der Waals surface area contributed by atoms with E-state index in [4.69, 9.17) is 5.73 Å². The number of anilines is 1. The molecule has 4 nitrogen and oxygen atoms in total. The first-order chi connectivity index (χ1) is 7.53. The van der Waals surface area contributed by atoms with Gasteiger partial charge in [-0.05, 0) is 17.7 Å². The summed E-state index contributed by atoms with van der Waals surface area (Å²) in [7, 11) is -3.03. The van der Waals surface area contributed by atoms with Crippen LogP contribution >= 0.6 is 0 Å². The van der Waals surface area contributed by atoms with Crippen molar-refractivity contribution in [3.8, 4) is 0 Å². The Balaban J connectivity index is 2.54. The normalized spacial score (nSPS) is 12.1. The Hall–Kier alpha value is -1.49. The van der Waals surface area contributed by atoms with Crippen LogP contribution in [0.25, 0.3) is 10.9 Å². The monoisotopic (exact) mass is 238 g/mol. The Kier molecular flexibility index (Phi) is 2.63. The minimum absolute atomic E-state index is 0.0394. The van der Waals surface area contributed by atoms with Gasteiger partial charge in [-0.1, -0.05) is 13.0 Å². The maximum Gasteiger partial charge on any atom is 0.154 e. The number of aromatic nitrogens is 1. The number of nitrogens with two attached hydrogens (primary N) is 1. The van der Waals surface area contributed by atoms with Gasteiger partial charge < -0.3 is 10.7 Å². The van der Waals surface area contributed by atoms with Crippen molar-refractivity contribution in [1.29, 1.82) is 0 Å². The lowest BCUT2D eigenvalue weighted by Crippen LogP contribution is -2.06. The number of hydrogen-bond donors (Lipinski definition) is 2. The molecular formula is C11H14N2O2S. The van der Waals surface area contributed by atoms with Gasteiger partial charge in [-0.25, -0.2) is 8.42 Å². The lowest BCUT2D eigenvalue weighted by Gasteiger charge is -2.02. The van der Waals surface area contributed by atoms with Crippen molar-refractivity contribution in [3.63, 3.8) is 0 Å². The average molecular weight is 238 g/mol. The molecule has 16 heavy (non-hydrogen) atoms. The summed E-state index contributed by atoms with van der Waals surface area (Å²) in [4.78, 5) is 3.03. The number of nitrogens with one attached hydrogen (secondary N) is 1. The second-order valence-corrected chi connectivity index (χ2v) is 6.11. The van der Waals surface area contributed by atoms with Crippen molar-refractivity contribution in [3.05, 3.63) is 30.0 Å². The van der Waals surface area contributed by atoms with E-state index in [2.05, 4.69) is 4.98 Å². The van der Waals surface area contributed by atoms with Crippen LogP contribution in [0.15, 0.2) is 24.4 Å². The van der Waals surface area contributed by atoms with Crippen LogP contribution in [0.1, 0.15) is 12.5 Å². The van der Waals surface area contributed by atoms with E-state index < -0.39 is 9.84 Å². The summed E-state index contributed by atoms with van der Waals surface area (Å²) >= 11 is 0. The number of fused-ring (bicyclic) bond motifs is 1. The zero-order valence-electron chi connectivity index (χ0n) is 9.03. The van der Waals surface area contributed by atoms with Crippen molar-refractivity contribution in [2.75, 3.05) is 11.5 Å². The number of rotatable bonds is 3. The molecule has 3 N–H and O–H groups in total. The molecule has 1 heterocycles. The Morgan fingerprint density at radius 3 is 2.81 bits per heavy atom. The van der Waals surface area contributed by atoms with Crippen LogP contribution in [0.3, 0.4) is 0 Å². The summed E-state index contributed by atoms with van der Waals surface area (Å²) in [5.74, 6) is 0.185. The topological polar surface area (TPSA) is 76.0 Å². The lowest BCUT2D eigenvalue weighted by molar-refractivity contribution is 0.596. The zero-order chi connectivity index (χ0) is 11.8. The molecular weight excluding hydrogens is 224 g/mol. The molecule has 0 atom stereocenters. The van der Waals surface area contributed by atoms with Crippen LogP contribution in [0.2, 0.25) is 0 Å². The largest absolute Gasteiger partial charge is 0.398 e. The lowest BCUT2D eigenvalue weighted by atomic mass is 10.1. The van der Waals surface area contributed by atoms with Gasteiger partial charge in [0.2, 0.25) is 0 Å². The fourth-order valence-corrected chi connectivity index (χ4v) is 2.64. The number of nitrogen functional groups attached to an aromatic ring is 1. The van der Waals surface area contributed by atoms with Crippen LogP contribution in [0.5, 0.6) is 0 Å². The van der Waals surface area contributed by atoms with Crippen LogP contribution in [0.4, 0.5) is 5.69 Å². The molecule has 0 bridgehead atoms. The van der Waals surface area contributed by atoms with E-state index in [1.54, 1.807) is 19.2 Å². The summed E-state index contributed by atoms with van der Waals surface area (Å²) in [5.41, 5.74) is 8.08. The highest BCUT2D eigenvalue weighted by Gasteiger charge is 2.14. The highest BCUT2D eigenvalue weighted by Crippen LogP contribution is 2.25. The van der Waals surface area contributed by atoms with Crippen LogP contribution < -0.4 is 5.73 Å². The Morgan fingerprint density at radius 1 is 1.38 bits per heavy atom. The van der Waals surface area contributed by atoms with E-state index in [1.807, 2.05) is 12.1 Å². The van der Waals surface area contributed by atoms with Crippen molar-refractivity contribution >= 4 is 26.4 Å². The second kappa shape index (κ2) is 3.83. The van der Waals surface area contributed by atoms with Gasteiger partial charge in [0.25, 0.3) is 0 Å². The highest BCUT2D eigenvalue weighted by molar-refractivity contribution is 7.90. The molecule has 0 saturated carbocycles. The molecule has 0 aliphatic rings. The Morgan fingerprint density at radius 2 is 2.12 bits per heavy atom. The Labute approximate surface area is 94.4 Å². The van der Waals surface area contributed by atoms with Crippen molar-refractivity contribution in [2.24, 2.45) is 0 Å². The van der Waals surface area contributed by atoms with E-state index in [0.29, 0.717) is 5.69 Å². The van der Waals surface area contributed by atoms with Gasteiger partial charge in [-0.15, -0.1) is 0 Å². The van der Waals surface area contributed by atoms with Gasteiger partial charge in [0.15, 0.2) is 9.84 Å². The van der Waals surface area contributed by atoms with Crippen molar-refractivity contribution in [1.82, 2.24) is 4.98 Å². The first-order valence-corrected chi connectivity index (χ1v) is 6.90. The molecule has 0 spiro atoms. The number of benzene rings is 1. The third-order valence-corrected chi connectivity index (χ3v) is 4.27. The van der Waals surface area contributed by atoms with Crippen LogP contribution in [-0.4, -0.2) is 19.2 Å². The molecule has 86 valence electrons. The quantitative estimate of drug-likeness (QED) is 0.799. The number of hydrogen-bond acceptors (Lipinski definition) is 3. The molecule has 0 radical (unpaired) electrons. The summed E-state index contributed by atoms with van der Waals surface area (Å²) in [5, 5.41) is 0.819.